The first-order chi connectivity index (χ1) is 14.5. The number of anilines is 1. The highest BCUT2D eigenvalue weighted by Crippen LogP contribution is 2.38. The lowest BCUT2D eigenvalue weighted by Crippen LogP contribution is -2.29. The summed E-state index contributed by atoms with van der Waals surface area (Å²) in [5, 5.41) is 0.825. The third kappa shape index (κ3) is 3.67. The van der Waals surface area contributed by atoms with Crippen LogP contribution in [0.2, 0.25) is 0 Å². The number of hydrogen-bond donors (Lipinski definition) is 0. The van der Waals surface area contributed by atoms with Crippen LogP contribution in [0.3, 0.4) is 0 Å². The minimum Gasteiger partial charge on any atom is -0.357 e. The van der Waals surface area contributed by atoms with Crippen LogP contribution in [0, 0.1) is 6.92 Å². The number of para-hydroxylation sites is 1. The molecular weight excluding hydrogens is 396 g/mol. The van der Waals surface area contributed by atoms with E-state index in [4.69, 9.17) is 0 Å². The predicted octanol–water partition coefficient (Wildman–Crippen LogP) is 4.78. The van der Waals surface area contributed by atoms with Crippen molar-refractivity contribution in [3.05, 3.63) is 65.7 Å². The Bertz CT molecular complexity index is 1180. The highest BCUT2D eigenvalue weighted by molar-refractivity contribution is 7.90. The van der Waals surface area contributed by atoms with Crippen LogP contribution in [-0.4, -0.2) is 31.8 Å². The maximum Gasteiger partial charge on any atom is 0.269 e. The van der Waals surface area contributed by atoms with Crippen LogP contribution >= 0.6 is 0 Å². The van der Waals surface area contributed by atoms with Gasteiger partial charge in [0, 0.05) is 24.0 Å². The van der Waals surface area contributed by atoms with E-state index in [1.165, 1.54) is 10.0 Å². The van der Waals surface area contributed by atoms with Crippen LogP contribution in [0.5, 0.6) is 0 Å². The molecule has 3 aromatic rings. The van der Waals surface area contributed by atoms with E-state index in [2.05, 4.69) is 4.90 Å². The second-order valence-corrected chi connectivity index (χ2v) is 9.52. The molecule has 0 spiro atoms. The molecule has 0 radical (unpaired) electrons. The summed E-state index contributed by atoms with van der Waals surface area (Å²) in [5.41, 5.74) is 2.41. The molecule has 1 saturated heterocycles. The molecular formula is C24H26N2O3S. The highest BCUT2D eigenvalue weighted by Gasteiger charge is 2.29. The van der Waals surface area contributed by atoms with E-state index in [-0.39, 0.29) is 4.90 Å². The zero-order valence-corrected chi connectivity index (χ0v) is 17.9. The van der Waals surface area contributed by atoms with Crippen LogP contribution in [-0.2, 0) is 14.8 Å². The van der Waals surface area contributed by atoms with Gasteiger partial charge in [-0.2, -0.15) is 0 Å². The number of fused-ring (bicyclic) bond motifs is 1. The third-order valence-electron chi connectivity index (χ3n) is 5.65. The SMILES string of the molecule is Cc1ccc(S(=O)(=O)n2c(N3CCCCCC3)c(/C=C/C=O)c3ccccc32)cc1. The van der Waals surface area contributed by atoms with Crippen LogP contribution in [0.25, 0.3) is 17.0 Å². The predicted molar refractivity (Wildman–Crippen MR) is 121 cm³/mol. The maximum atomic E-state index is 13.8. The van der Waals surface area contributed by atoms with Crippen molar-refractivity contribution in [1.29, 1.82) is 0 Å². The van der Waals surface area contributed by atoms with E-state index < -0.39 is 10.0 Å². The summed E-state index contributed by atoms with van der Waals surface area (Å²) in [7, 11) is -3.83. The second kappa shape index (κ2) is 8.48. The molecule has 4 rings (SSSR count). The highest BCUT2D eigenvalue weighted by atomic mass is 32.2. The smallest absolute Gasteiger partial charge is 0.269 e. The molecule has 0 saturated carbocycles. The summed E-state index contributed by atoms with van der Waals surface area (Å²) < 4.78 is 29.2. The Kier molecular flexibility index (Phi) is 5.77. The Hall–Kier alpha value is -2.86. The van der Waals surface area contributed by atoms with Gasteiger partial charge >= 0.3 is 0 Å². The normalized spacial score (nSPS) is 15.6. The lowest BCUT2D eigenvalue weighted by Gasteiger charge is -2.25. The van der Waals surface area contributed by atoms with Crippen molar-refractivity contribution in [2.45, 2.75) is 37.5 Å². The van der Waals surface area contributed by atoms with E-state index in [1.54, 1.807) is 18.2 Å². The zero-order valence-electron chi connectivity index (χ0n) is 17.1. The monoisotopic (exact) mass is 422 g/mol. The fourth-order valence-electron chi connectivity index (χ4n) is 4.16. The molecule has 5 nitrogen and oxygen atoms in total. The molecule has 0 atom stereocenters. The summed E-state index contributed by atoms with van der Waals surface area (Å²) in [6, 6.07) is 14.5. The summed E-state index contributed by atoms with van der Waals surface area (Å²) in [4.78, 5) is 13.5. The lowest BCUT2D eigenvalue weighted by molar-refractivity contribution is -0.104. The minimum atomic E-state index is -3.83. The average Bonchev–Trinajstić information content (AvgIpc) is 2.88. The number of aromatic nitrogens is 1. The number of hydrogen-bond acceptors (Lipinski definition) is 4. The van der Waals surface area contributed by atoms with Crippen LogP contribution in [0.4, 0.5) is 5.82 Å². The summed E-state index contributed by atoms with van der Waals surface area (Å²) >= 11 is 0. The van der Waals surface area contributed by atoms with Crippen molar-refractivity contribution >= 4 is 39.1 Å². The van der Waals surface area contributed by atoms with Crippen molar-refractivity contribution in [1.82, 2.24) is 3.97 Å². The van der Waals surface area contributed by atoms with Gasteiger partial charge in [0.15, 0.2) is 0 Å². The van der Waals surface area contributed by atoms with Gasteiger partial charge in [-0.05, 0) is 50.1 Å². The Morgan fingerprint density at radius 3 is 2.23 bits per heavy atom. The molecule has 156 valence electrons. The minimum absolute atomic E-state index is 0.260. The largest absolute Gasteiger partial charge is 0.357 e. The molecule has 0 bridgehead atoms. The molecule has 2 aromatic carbocycles. The number of aryl methyl sites for hydroxylation is 1. The van der Waals surface area contributed by atoms with E-state index in [9.17, 15) is 13.2 Å². The van der Waals surface area contributed by atoms with Crippen molar-refractivity contribution in [2.75, 3.05) is 18.0 Å². The molecule has 0 aliphatic carbocycles. The number of rotatable bonds is 5. The van der Waals surface area contributed by atoms with Crippen molar-refractivity contribution in [3.63, 3.8) is 0 Å². The summed E-state index contributed by atoms with van der Waals surface area (Å²) in [5.74, 6) is 0.650. The van der Waals surface area contributed by atoms with Gasteiger partial charge in [-0.1, -0.05) is 48.7 Å². The number of allylic oxidation sites excluding steroid dienone is 1. The molecule has 0 N–H and O–H groups in total. The standard InChI is InChI=1S/C24H26N2O3S/c1-19-12-14-20(15-13-19)30(28,29)26-23-11-5-4-9-21(23)22(10-8-18-27)24(26)25-16-6-2-3-7-17-25/h4-5,8-15,18H,2-3,6-7,16-17H2,1H3/b10-8+. The number of carbonyl (C=O) groups excluding carboxylic acids is 1. The molecule has 6 heteroatoms. The van der Waals surface area contributed by atoms with E-state index >= 15 is 0 Å². The third-order valence-corrected chi connectivity index (χ3v) is 7.37. The van der Waals surface area contributed by atoms with Gasteiger partial charge in [0.2, 0.25) is 0 Å². The molecule has 1 aliphatic rings. The van der Waals surface area contributed by atoms with Crippen LogP contribution in [0.15, 0.2) is 59.5 Å². The van der Waals surface area contributed by atoms with Gasteiger partial charge in [0.1, 0.15) is 12.1 Å². The van der Waals surface area contributed by atoms with Gasteiger partial charge in [0.25, 0.3) is 10.0 Å². The van der Waals surface area contributed by atoms with Gasteiger partial charge in [0.05, 0.1) is 10.4 Å². The van der Waals surface area contributed by atoms with Crippen molar-refractivity contribution in [3.8, 4) is 0 Å². The Labute approximate surface area is 177 Å². The van der Waals surface area contributed by atoms with Crippen molar-refractivity contribution < 1.29 is 13.2 Å². The van der Waals surface area contributed by atoms with Crippen molar-refractivity contribution in [2.24, 2.45) is 0 Å². The molecule has 2 heterocycles. The first-order valence-corrected chi connectivity index (χ1v) is 11.8. The number of benzene rings is 2. The number of nitrogens with zero attached hydrogens (tertiary/aromatic N) is 2. The maximum absolute atomic E-state index is 13.8. The second-order valence-electron chi connectivity index (χ2n) is 7.73. The van der Waals surface area contributed by atoms with Gasteiger partial charge < -0.3 is 4.90 Å². The Balaban J connectivity index is 2.04. The molecule has 1 aromatic heterocycles. The first-order valence-electron chi connectivity index (χ1n) is 10.4. The van der Waals surface area contributed by atoms with Gasteiger partial charge in [-0.15, -0.1) is 0 Å². The Morgan fingerprint density at radius 2 is 1.57 bits per heavy atom. The quantitative estimate of drug-likeness (QED) is 0.439. The van der Waals surface area contributed by atoms with Gasteiger partial charge in [-0.3, -0.25) is 4.79 Å². The summed E-state index contributed by atoms with van der Waals surface area (Å²) in [6.45, 7) is 3.52. The number of carbonyl (C=O) groups is 1. The van der Waals surface area contributed by atoms with Crippen LogP contribution in [0.1, 0.15) is 36.8 Å². The van der Waals surface area contributed by atoms with E-state index in [1.807, 2.05) is 43.3 Å². The zero-order chi connectivity index (χ0) is 21.1. The lowest BCUT2D eigenvalue weighted by atomic mass is 10.1. The first kappa shape index (κ1) is 20.4. The average molecular weight is 423 g/mol. The number of aldehydes is 1. The topological polar surface area (TPSA) is 59.4 Å². The van der Waals surface area contributed by atoms with Crippen LogP contribution < -0.4 is 4.90 Å². The molecule has 30 heavy (non-hydrogen) atoms. The molecule has 0 amide bonds. The molecule has 0 unspecified atom stereocenters. The molecule has 1 fully saturated rings. The fraction of sp³-hybridized carbons (Fsp3) is 0.292. The van der Waals surface area contributed by atoms with E-state index in [0.29, 0.717) is 11.3 Å². The molecule has 1 aliphatic heterocycles. The Morgan fingerprint density at radius 1 is 0.900 bits per heavy atom. The fourth-order valence-corrected chi connectivity index (χ4v) is 5.71. The van der Waals surface area contributed by atoms with E-state index in [0.717, 1.165) is 61.6 Å². The van der Waals surface area contributed by atoms with Gasteiger partial charge in [-0.25, -0.2) is 12.4 Å². The summed E-state index contributed by atoms with van der Waals surface area (Å²) in [6.07, 6.45) is 8.21.